The van der Waals surface area contributed by atoms with E-state index in [-0.39, 0.29) is 19.0 Å². The summed E-state index contributed by atoms with van der Waals surface area (Å²) < 4.78 is 4.59. The van der Waals surface area contributed by atoms with Crippen molar-refractivity contribution >= 4 is 12.4 Å². The maximum atomic E-state index is 10.2. The minimum Gasteiger partial charge on any atom is -0.490 e. The first-order valence-electron chi connectivity index (χ1n) is 2.45. The molecule has 5 nitrogen and oxygen atoms in total. The summed E-state index contributed by atoms with van der Waals surface area (Å²) >= 11 is 0. The monoisotopic (exact) mass is 145 g/mol. The molecular weight excluding hydrogens is 138 g/mol. The van der Waals surface area contributed by atoms with Crippen LogP contribution in [0.15, 0.2) is 12.5 Å². The molecule has 0 fully saturated rings. The molecular formula is C5H7NO4. The van der Waals surface area contributed by atoms with E-state index >= 15 is 0 Å². The van der Waals surface area contributed by atoms with Gasteiger partial charge in [-0.05, 0) is 0 Å². The third kappa shape index (κ3) is 4.63. The number of amides is 1. The SMILES string of the molecule is O=C1COC=CN1.O=CO. The third-order valence-corrected chi connectivity index (χ3v) is 0.623. The number of ether oxygens (including phenoxy) is 1. The van der Waals surface area contributed by atoms with Crippen LogP contribution in [0.25, 0.3) is 0 Å². The first-order chi connectivity index (χ1) is 4.81. The summed E-state index contributed by atoms with van der Waals surface area (Å²) in [5, 5.41) is 9.33. The highest BCUT2D eigenvalue weighted by Gasteiger charge is 1.99. The van der Waals surface area contributed by atoms with Crippen molar-refractivity contribution < 1.29 is 19.4 Å². The predicted molar refractivity (Wildman–Crippen MR) is 31.9 cm³/mol. The highest BCUT2D eigenvalue weighted by atomic mass is 16.5. The molecule has 0 spiro atoms. The Hall–Kier alpha value is -1.52. The summed E-state index contributed by atoms with van der Waals surface area (Å²) in [6, 6.07) is 0. The maximum absolute atomic E-state index is 10.2. The van der Waals surface area contributed by atoms with Crippen molar-refractivity contribution in [3.05, 3.63) is 12.5 Å². The molecule has 1 aliphatic heterocycles. The Bertz CT molecular complexity index is 143. The highest BCUT2D eigenvalue weighted by Crippen LogP contribution is 1.81. The molecule has 1 heterocycles. The average molecular weight is 145 g/mol. The number of carbonyl (C=O) groups excluding carboxylic acids is 1. The van der Waals surface area contributed by atoms with Crippen LogP contribution in [0.5, 0.6) is 0 Å². The van der Waals surface area contributed by atoms with Crippen molar-refractivity contribution in [2.75, 3.05) is 6.61 Å². The number of nitrogens with one attached hydrogen (secondary N) is 1. The van der Waals surface area contributed by atoms with Gasteiger partial charge >= 0.3 is 0 Å². The summed E-state index contributed by atoms with van der Waals surface area (Å²) in [5.74, 6) is -0.0949. The summed E-state index contributed by atoms with van der Waals surface area (Å²) in [5.41, 5.74) is 0. The standard InChI is InChI=1S/C4H5NO2.CH2O2/c6-4-3-7-2-1-5-4;2-1-3/h1-2H,3H2,(H,5,6);1H,(H,2,3). The normalized spacial score (nSPS) is 13.8. The van der Waals surface area contributed by atoms with E-state index in [1.165, 1.54) is 12.5 Å². The fourth-order valence-electron chi connectivity index (χ4n) is 0.341. The lowest BCUT2D eigenvalue weighted by atomic mass is 10.6. The quantitative estimate of drug-likeness (QED) is 0.442. The summed E-state index contributed by atoms with van der Waals surface area (Å²) in [7, 11) is 0. The largest absolute Gasteiger partial charge is 0.490 e. The van der Waals surface area contributed by atoms with E-state index in [1.54, 1.807) is 0 Å². The van der Waals surface area contributed by atoms with E-state index in [9.17, 15) is 4.79 Å². The molecule has 0 aromatic rings. The van der Waals surface area contributed by atoms with Gasteiger partial charge in [0.05, 0.1) is 6.26 Å². The number of rotatable bonds is 0. The van der Waals surface area contributed by atoms with E-state index in [2.05, 4.69) is 10.1 Å². The smallest absolute Gasteiger partial charge is 0.290 e. The number of hydrogen-bond acceptors (Lipinski definition) is 3. The molecule has 10 heavy (non-hydrogen) atoms. The zero-order valence-corrected chi connectivity index (χ0v) is 5.11. The van der Waals surface area contributed by atoms with Gasteiger partial charge in [0.15, 0.2) is 6.61 Å². The molecule has 0 aliphatic carbocycles. The highest BCUT2D eigenvalue weighted by molar-refractivity contribution is 5.78. The van der Waals surface area contributed by atoms with Crippen LogP contribution < -0.4 is 5.32 Å². The zero-order chi connectivity index (χ0) is 7.82. The summed E-state index contributed by atoms with van der Waals surface area (Å²) in [4.78, 5) is 18.5. The van der Waals surface area contributed by atoms with Gasteiger partial charge in [-0.25, -0.2) is 0 Å². The second kappa shape index (κ2) is 5.61. The molecule has 0 aromatic carbocycles. The van der Waals surface area contributed by atoms with Gasteiger partial charge in [0.1, 0.15) is 0 Å². The molecule has 0 saturated carbocycles. The van der Waals surface area contributed by atoms with Crippen LogP contribution >= 0.6 is 0 Å². The molecule has 0 radical (unpaired) electrons. The van der Waals surface area contributed by atoms with Crippen LogP contribution in [-0.2, 0) is 14.3 Å². The van der Waals surface area contributed by atoms with Crippen LogP contribution in [0.3, 0.4) is 0 Å². The Morgan fingerprint density at radius 3 is 2.60 bits per heavy atom. The lowest BCUT2D eigenvalue weighted by Crippen LogP contribution is -2.24. The van der Waals surface area contributed by atoms with Crippen molar-refractivity contribution in [2.24, 2.45) is 0 Å². The van der Waals surface area contributed by atoms with Crippen LogP contribution in [-0.4, -0.2) is 24.1 Å². The van der Waals surface area contributed by atoms with Crippen LogP contribution in [0, 0.1) is 0 Å². The van der Waals surface area contributed by atoms with Crippen molar-refractivity contribution in [3.8, 4) is 0 Å². The molecule has 1 rings (SSSR count). The first-order valence-corrected chi connectivity index (χ1v) is 2.45. The van der Waals surface area contributed by atoms with Crippen molar-refractivity contribution in [1.29, 1.82) is 0 Å². The molecule has 56 valence electrons. The number of carboxylic acid groups (broad SMARTS) is 1. The van der Waals surface area contributed by atoms with Crippen LogP contribution in [0.2, 0.25) is 0 Å². The predicted octanol–water partition coefficient (Wildman–Crippen LogP) is -0.695. The Balaban J connectivity index is 0.000000236. The van der Waals surface area contributed by atoms with E-state index in [4.69, 9.17) is 9.90 Å². The fourth-order valence-corrected chi connectivity index (χ4v) is 0.341. The van der Waals surface area contributed by atoms with Crippen molar-refractivity contribution in [2.45, 2.75) is 0 Å². The number of hydrogen-bond donors (Lipinski definition) is 2. The van der Waals surface area contributed by atoms with E-state index in [0.717, 1.165) is 0 Å². The lowest BCUT2D eigenvalue weighted by Gasteiger charge is -2.03. The molecule has 0 saturated heterocycles. The van der Waals surface area contributed by atoms with Crippen molar-refractivity contribution in [3.63, 3.8) is 0 Å². The Morgan fingerprint density at radius 2 is 2.40 bits per heavy atom. The molecule has 1 aliphatic rings. The van der Waals surface area contributed by atoms with Crippen LogP contribution in [0.1, 0.15) is 0 Å². The molecule has 5 heteroatoms. The molecule has 0 unspecified atom stereocenters. The van der Waals surface area contributed by atoms with E-state index in [0.29, 0.717) is 0 Å². The van der Waals surface area contributed by atoms with E-state index in [1.807, 2.05) is 0 Å². The zero-order valence-electron chi connectivity index (χ0n) is 5.11. The van der Waals surface area contributed by atoms with Gasteiger partial charge in [0.25, 0.3) is 12.4 Å². The third-order valence-electron chi connectivity index (χ3n) is 0.623. The van der Waals surface area contributed by atoms with Gasteiger partial charge in [-0.15, -0.1) is 0 Å². The minimum atomic E-state index is -0.250. The lowest BCUT2D eigenvalue weighted by molar-refractivity contribution is -0.124. The molecule has 2 N–H and O–H groups in total. The maximum Gasteiger partial charge on any atom is 0.290 e. The minimum absolute atomic E-state index is 0.0949. The second-order valence-electron chi connectivity index (χ2n) is 1.29. The van der Waals surface area contributed by atoms with Gasteiger partial charge in [0, 0.05) is 6.20 Å². The van der Waals surface area contributed by atoms with Gasteiger partial charge in [-0.2, -0.15) is 0 Å². The Labute approximate surface area is 57.3 Å². The Morgan fingerprint density at radius 1 is 1.80 bits per heavy atom. The fraction of sp³-hybridized carbons (Fsp3) is 0.200. The van der Waals surface area contributed by atoms with Gasteiger partial charge < -0.3 is 15.2 Å². The number of carbonyl (C=O) groups is 2. The average Bonchev–Trinajstić information content (AvgIpc) is 1.91. The Kier molecular flexibility index (Phi) is 4.76. The first kappa shape index (κ1) is 8.48. The van der Waals surface area contributed by atoms with Crippen molar-refractivity contribution in [1.82, 2.24) is 5.32 Å². The summed E-state index contributed by atoms with van der Waals surface area (Å²) in [6.45, 7) is -0.101. The molecule has 0 aromatic heterocycles. The molecule has 0 bridgehead atoms. The summed E-state index contributed by atoms with van der Waals surface area (Å²) in [6.07, 6.45) is 2.91. The second-order valence-corrected chi connectivity index (χ2v) is 1.29. The molecule has 0 atom stereocenters. The van der Waals surface area contributed by atoms with E-state index < -0.39 is 0 Å². The van der Waals surface area contributed by atoms with Crippen LogP contribution in [0.4, 0.5) is 0 Å². The van der Waals surface area contributed by atoms with Gasteiger partial charge in [-0.3, -0.25) is 9.59 Å². The topological polar surface area (TPSA) is 75.6 Å². The van der Waals surface area contributed by atoms with Gasteiger partial charge in [-0.1, -0.05) is 0 Å². The molecule has 1 amide bonds. The van der Waals surface area contributed by atoms with Gasteiger partial charge in [0.2, 0.25) is 0 Å².